The third-order valence-electron chi connectivity index (χ3n) is 7.04. The van der Waals surface area contributed by atoms with Crippen LogP contribution in [0.2, 0.25) is 0 Å². The van der Waals surface area contributed by atoms with E-state index in [9.17, 15) is 4.79 Å². The van der Waals surface area contributed by atoms with Crippen LogP contribution in [0.4, 0.5) is 0 Å². The quantitative estimate of drug-likeness (QED) is 0.352. The molecule has 1 aliphatic heterocycles. The van der Waals surface area contributed by atoms with Crippen molar-refractivity contribution in [2.45, 2.75) is 0 Å². The number of benzene rings is 3. The number of H-pyrrole nitrogens is 1. The highest BCUT2D eigenvalue weighted by Gasteiger charge is 2.20. The summed E-state index contributed by atoms with van der Waals surface area (Å²) < 4.78 is 0. The van der Waals surface area contributed by atoms with Crippen LogP contribution < -0.4 is 0 Å². The Labute approximate surface area is 210 Å². The minimum atomic E-state index is 0.114. The van der Waals surface area contributed by atoms with Crippen LogP contribution in [0.3, 0.4) is 0 Å². The fourth-order valence-electron chi connectivity index (χ4n) is 4.91. The molecule has 0 bridgehead atoms. The molecule has 6 rings (SSSR count). The van der Waals surface area contributed by atoms with Crippen molar-refractivity contribution in [2.24, 2.45) is 0 Å². The molecule has 3 heterocycles. The first-order valence-corrected chi connectivity index (χ1v) is 12.4. The van der Waals surface area contributed by atoms with Crippen molar-refractivity contribution in [1.29, 1.82) is 0 Å². The number of nitrogens with one attached hydrogen (secondary N) is 1. The van der Waals surface area contributed by atoms with E-state index in [2.05, 4.69) is 70.5 Å². The molecule has 0 radical (unpaired) electrons. The van der Waals surface area contributed by atoms with Gasteiger partial charge in [0.1, 0.15) is 5.65 Å². The first-order chi connectivity index (χ1) is 17.7. The zero-order chi connectivity index (χ0) is 24.5. The van der Waals surface area contributed by atoms with E-state index in [1.807, 2.05) is 53.6 Å². The van der Waals surface area contributed by atoms with Crippen molar-refractivity contribution >= 4 is 40.0 Å². The van der Waals surface area contributed by atoms with E-state index in [1.165, 1.54) is 0 Å². The number of carbonyl (C=O) groups is 1. The molecule has 178 valence electrons. The average Bonchev–Trinajstić information content (AvgIpc) is 3.31. The summed E-state index contributed by atoms with van der Waals surface area (Å²) in [7, 11) is 2.10. The third-order valence-corrected chi connectivity index (χ3v) is 7.04. The van der Waals surface area contributed by atoms with Gasteiger partial charge in [0.05, 0.1) is 0 Å². The molecule has 36 heavy (non-hydrogen) atoms. The number of aromatic amines is 1. The van der Waals surface area contributed by atoms with Crippen molar-refractivity contribution in [1.82, 2.24) is 19.8 Å². The summed E-state index contributed by atoms with van der Waals surface area (Å²) in [6.07, 6.45) is 6.13. The summed E-state index contributed by atoms with van der Waals surface area (Å²) in [5.41, 5.74) is 7.17. The Bertz CT molecular complexity index is 1560. The van der Waals surface area contributed by atoms with Gasteiger partial charge in [-0.15, -0.1) is 0 Å². The number of likely N-dealkylation sites (N-methyl/N-ethyl adjacent to an activating group) is 1. The van der Waals surface area contributed by atoms with Crippen molar-refractivity contribution in [3.63, 3.8) is 0 Å². The maximum atomic E-state index is 12.9. The number of pyridine rings is 1. The van der Waals surface area contributed by atoms with Crippen LogP contribution in [0, 0.1) is 0 Å². The minimum absolute atomic E-state index is 0.114. The van der Waals surface area contributed by atoms with Gasteiger partial charge in [0, 0.05) is 54.2 Å². The molecule has 2 aromatic heterocycles. The lowest BCUT2D eigenvalue weighted by molar-refractivity contribution is 0.0664. The number of amides is 1. The van der Waals surface area contributed by atoms with Crippen LogP contribution in [0.5, 0.6) is 0 Å². The molecule has 3 aromatic carbocycles. The van der Waals surface area contributed by atoms with Gasteiger partial charge in [-0.05, 0) is 59.6 Å². The van der Waals surface area contributed by atoms with Crippen molar-refractivity contribution in [2.75, 3.05) is 33.2 Å². The largest absolute Gasteiger partial charge is 0.339 e. The monoisotopic (exact) mass is 472 g/mol. The predicted molar refractivity (Wildman–Crippen MR) is 148 cm³/mol. The van der Waals surface area contributed by atoms with Crippen LogP contribution in [0.1, 0.15) is 21.5 Å². The zero-order valence-electron chi connectivity index (χ0n) is 20.3. The van der Waals surface area contributed by atoms with Gasteiger partial charge in [-0.3, -0.25) is 4.79 Å². The van der Waals surface area contributed by atoms with E-state index in [-0.39, 0.29) is 5.91 Å². The lowest BCUT2D eigenvalue weighted by atomic mass is 10.00. The van der Waals surface area contributed by atoms with E-state index < -0.39 is 0 Å². The Balaban J connectivity index is 1.32. The third kappa shape index (κ3) is 4.30. The number of nitrogens with zero attached hydrogens (tertiary/aromatic N) is 3. The molecule has 0 spiro atoms. The predicted octanol–water partition coefficient (Wildman–Crippen LogP) is 5.94. The summed E-state index contributed by atoms with van der Waals surface area (Å²) in [5, 5.41) is 2.25. The second kappa shape index (κ2) is 9.44. The number of fused-ring (bicyclic) bond motifs is 3. The number of rotatable bonds is 4. The normalized spacial score (nSPS) is 14.8. The standard InChI is InChI=1S/C31H28N4O/c1-34-17-19-35(20-18-34)31(36)25-11-9-23(10-12-25)26-13-14-28-27(21-26)29-24(15-16-32-30(29)33-28)8-7-22-5-3-2-4-6-22/h2-16,21H,17-20H2,1H3,(H,32,33)/b8-7+. The number of aromatic nitrogens is 2. The smallest absolute Gasteiger partial charge is 0.253 e. The van der Waals surface area contributed by atoms with Gasteiger partial charge in [0.15, 0.2) is 0 Å². The van der Waals surface area contributed by atoms with Gasteiger partial charge >= 0.3 is 0 Å². The van der Waals surface area contributed by atoms with Crippen LogP contribution in [-0.2, 0) is 0 Å². The van der Waals surface area contributed by atoms with E-state index in [0.29, 0.717) is 0 Å². The van der Waals surface area contributed by atoms with Crippen LogP contribution in [0.25, 0.3) is 45.2 Å². The van der Waals surface area contributed by atoms with Gasteiger partial charge in [0.2, 0.25) is 0 Å². The molecule has 5 aromatic rings. The molecule has 1 fully saturated rings. The molecule has 0 unspecified atom stereocenters. The Morgan fingerprint density at radius 3 is 2.39 bits per heavy atom. The van der Waals surface area contributed by atoms with Crippen LogP contribution in [-0.4, -0.2) is 58.9 Å². The number of piperazine rings is 1. The molecular weight excluding hydrogens is 444 g/mol. The lowest BCUT2D eigenvalue weighted by Crippen LogP contribution is -2.47. The summed E-state index contributed by atoms with van der Waals surface area (Å²) in [6.45, 7) is 3.41. The van der Waals surface area contributed by atoms with E-state index in [1.54, 1.807) is 0 Å². The molecule has 1 N–H and O–H groups in total. The van der Waals surface area contributed by atoms with Crippen LogP contribution in [0.15, 0.2) is 85.1 Å². The fraction of sp³-hybridized carbons (Fsp3) is 0.161. The minimum Gasteiger partial charge on any atom is -0.339 e. The van der Waals surface area contributed by atoms with Gasteiger partial charge in [-0.2, -0.15) is 0 Å². The average molecular weight is 473 g/mol. The SMILES string of the molecule is CN1CCN(C(=O)c2ccc(-c3ccc4[nH]c5nccc(/C=C/c6ccccc6)c5c4c3)cc2)CC1. The highest BCUT2D eigenvalue weighted by Crippen LogP contribution is 2.32. The van der Waals surface area contributed by atoms with Gasteiger partial charge in [0.25, 0.3) is 5.91 Å². The molecule has 0 aliphatic carbocycles. The maximum absolute atomic E-state index is 12.9. The Kier molecular flexibility index (Phi) is 5.84. The summed E-state index contributed by atoms with van der Waals surface area (Å²) in [4.78, 5) is 25.2. The fourth-order valence-corrected chi connectivity index (χ4v) is 4.91. The Morgan fingerprint density at radius 2 is 1.61 bits per heavy atom. The summed E-state index contributed by atoms with van der Waals surface area (Å²) in [6, 6.07) is 26.8. The van der Waals surface area contributed by atoms with Crippen molar-refractivity contribution < 1.29 is 4.79 Å². The molecule has 5 nitrogen and oxygen atoms in total. The van der Waals surface area contributed by atoms with Crippen LogP contribution >= 0.6 is 0 Å². The Morgan fingerprint density at radius 1 is 0.861 bits per heavy atom. The molecule has 5 heteroatoms. The summed E-state index contributed by atoms with van der Waals surface area (Å²) >= 11 is 0. The maximum Gasteiger partial charge on any atom is 0.253 e. The first-order valence-electron chi connectivity index (χ1n) is 12.4. The number of hydrogen-bond acceptors (Lipinski definition) is 3. The van der Waals surface area contributed by atoms with Crippen molar-refractivity contribution in [3.8, 4) is 11.1 Å². The number of hydrogen-bond donors (Lipinski definition) is 1. The van der Waals surface area contributed by atoms with Gasteiger partial charge in [-0.1, -0.05) is 60.7 Å². The topological polar surface area (TPSA) is 52.2 Å². The highest BCUT2D eigenvalue weighted by atomic mass is 16.2. The molecule has 1 saturated heterocycles. The molecule has 1 aliphatic rings. The van der Waals surface area contributed by atoms with E-state index in [0.717, 1.165) is 75.9 Å². The number of carbonyl (C=O) groups excluding carboxylic acids is 1. The second-order valence-corrected chi connectivity index (χ2v) is 9.43. The highest BCUT2D eigenvalue weighted by molar-refractivity contribution is 6.11. The molecule has 0 saturated carbocycles. The summed E-state index contributed by atoms with van der Waals surface area (Å²) in [5.74, 6) is 0.114. The van der Waals surface area contributed by atoms with E-state index in [4.69, 9.17) is 0 Å². The van der Waals surface area contributed by atoms with Gasteiger partial charge < -0.3 is 14.8 Å². The van der Waals surface area contributed by atoms with Crippen molar-refractivity contribution in [3.05, 3.63) is 102 Å². The molecular formula is C31H28N4O. The Hall–Kier alpha value is -4.22. The molecule has 1 amide bonds. The second-order valence-electron chi connectivity index (χ2n) is 9.43. The molecule has 0 atom stereocenters. The lowest BCUT2D eigenvalue weighted by Gasteiger charge is -2.32. The van der Waals surface area contributed by atoms with E-state index >= 15 is 0 Å². The first kappa shape index (κ1) is 22.3. The zero-order valence-corrected chi connectivity index (χ0v) is 20.3. The van der Waals surface area contributed by atoms with Gasteiger partial charge in [-0.25, -0.2) is 4.98 Å².